The first kappa shape index (κ1) is 13.1. The number of hydrogen-bond donors (Lipinski definition) is 1. The van der Waals surface area contributed by atoms with Gasteiger partial charge >= 0.3 is 0 Å². The molecule has 2 nitrogen and oxygen atoms in total. The molecule has 0 atom stereocenters. The van der Waals surface area contributed by atoms with E-state index in [1.54, 1.807) is 6.20 Å². The molecular formula is C15H17BrN2. The van der Waals surface area contributed by atoms with E-state index in [4.69, 9.17) is 0 Å². The molecule has 0 aliphatic carbocycles. The van der Waals surface area contributed by atoms with E-state index in [1.165, 1.54) is 5.56 Å². The van der Waals surface area contributed by atoms with E-state index in [0.717, 1.165) is 16.0 Å². The van der Waals surface area contributed by atoms with Gasteiger partial charge in [0.1, 0.15) is 5.82 Å². The van der Waals surface area contributed by atoms with Gasteiger partial charge in [0.2, 0.25) is 0 Å². The summed E-state index contributed by atoms with van der Waals surface area (Å²) in [6.07, 6.45) is 1.77. The van der Waals surface area contributed by atoms with Gasteiger partial charge in [-0.2, -0.15) is 0 Å². The van der Waals surface area contributed by atoms with E-state index in [9.17, 15) is 0 Å². The Kier molecular flexibility index (Phi) is 3.71. The molecule has 0 spiro atoms. The van der Waals surface area contributed by atoms with Crippen LogP contribution >= 0.6 is 15.9 Å². The minimum Gasteiger partial charge on any atom is -0.339 e. The molecule has 0 unspecified atom stereocenters. The van der Waals surface area contributed by atoms with Crippen molar-refractivity contribution < 1.29 is 0 Å². The molecule has 0 saturated carbocycles. The van der Waals surface area contributed by atoms with Crippen LogP contribution in [-0.2, 0) is 5.41 Å². The fourth-order valence-corrected chi connectivity index (χ4v) is 2.02. The summed E-state index contributed by atoms with van der Waals surface area (Å²) in [5.41, 5.74) is 2.56. The largest absolute Gasteiger partial charge is 0.339 e. The van der Waals surface area contributed by atoms with Crippen LogP contribution in [0.25, 0.3) is 0 Å². The van der Waals surface area contributed by atoms with Crippen LogP contribution in [0.15, 0.2) is 47.1 Å². The zero-order valence-electron chi connectivity index (χ0n) is 10.9. The fourth-order valence-electron chi connectivity index (χ4n) is 1.67. The minimum atomic E-state index is 0.185. The third-order valence-corrected chi connectivity index (χ3v) is 3.41. The van der Waals surface area contributed by atoms with Crippen LogP contribution in [0.1, 0.15) is 26.3 Å². The lowest BCUT2D eigenvalue weighted by Crippen LogP contribution is -2.10. The van der Waals surface area contributed by atoms with Gasteiger partial charge in [-0.25, -0.2) is 4.98 Å². The zero-order valence-corrected chi connectivity index (χ0v) is 12.5. The van der Waals surface area contributed by atoms with E-state index in [-0.39, 0.29) is 5.41 Å². The van der Waals surface area contributed by atoms with Crippen molar-refractivity contribution in [1.29, 1.82) is 0 Å². The molecule has 0 saturated heterocycles. The normalized spacial score (nSPS) is 11.3. The molecule has 0 aliphatic heterocycles. The predicted octanol–water partition coefficient (Wildman–Crippen LogP) is 4.89. The first-order valence-corrected chi connectivity index (χ1v) is 6.74. The molecule has 0 radical (unpaired) electrons. The maximum atomic E-state index is 4.29. The molecule has 1 aromatic heterocycles. The molecule has 0 aliphatic rings. The molecule has 2 aromatic rings. The summed E-state index contributed by atoms with van der Waals surface area (Å²) in [6, 6.07) is 12.3. The molecular weight excluding hydrogens is 288 g/mol. The van der Waals surface area contributed by atoms with Crippen molar-refractivity contribution in [1.82, 2.24) is 4.98 Å². The summed E-state index contributed by atoms with van der Waals surface area (Å²) >= 11 is 3.47. The summed E-state index contributed by atoms with van der Waals surface area (Å²) in [7, 11) is 0. The van der Waals surface area contributed by atoms with Crippen molar-refractivity contribution in [2.24, 2.45) is 0 Å². The highest BCUT2D eigenvalue weighted by atomic mass is 79.9. The van der Waals surface area contributed by atoms with Crippen molar-refractivity contribution in [2.75, 3.05) is 5.32 Å². The molecule has 1 N–H and O–H groups in total. The van der Waals surface area contributed by atoms with Crippen LogP contribution < -0.4 is 5.32 Å². The molecule has 18 heavy (non-hydrogen) atoms. The van der Waals surface area contributed by atoms with Crippen molar-refractivity contribution in [3.8, 4) is 0 Å². The first-order chi connectivity index (χ1) is 8.47. The Labute approximate surface area is 117 Å². The summed E-state index contributed by atoms with van der Waals surface area (Å²) in [4.78, 5) is 4.29. The summed E-state index contributed by atoms with van der Waals surface area (Å²) in [5, 5.41) is 3.29. The quantitative estimate of drug-likeness (QED) is 0.855. The van der Waals surface area contributed by atoms with E-state index in [1.807, 2.05) is 12.1 Å². The molecule has 0 bridgehead atoms. The maximum Gasteiger partial charge on any atom is 0.144 e. The third kappa shape index (κ3) is 3.10. The van der Waals surface area contributed by atoms with E-state index < -0.39 is 0 Å². The molecule has 1 heterocycles. The Morgan fingerprint density at radius 2 is 1.72 bits per heavy atom. The molecule has 0 amide bonds. The second kappa shape index (κ2) is 5.11. The third-order valence-electron chi connectivity index (χ3n) is 2.77. The number of anilines is 2. The highest BCUT2D eigenvalue weighted by molar-refractivity contribution is 9.10. The van der Waals surface area contributed by atoms with Gasteiger partial charge in [0.25, 0.3) is 0 Å². The number of pyridine rings is 1. The van der Waals surface area contributed by atoms with Crippen molar-refractivity contribution >= 4 is 27.4 Å². The minimum absolute atomic E-state index is 0.185. The first-order valence-electron chi connectivity index (χ1n) is 5.95. The monoisotopic (exact) mass is 304 g/mol. The van der Waals surface area contributed by atoms with E-state index in [2.05, 4.69) is 71.3 Å². The van der Waals surface area contributed by atoms with Crippen LogP contribution in [0.5, 0.6) is 0 Å². The Balaban J connectivity index is 2.19. The van der Waals surface area contributed by atoms with Crippen LogP contribution in [-0.4, -0.2) is 4.98 Å². The molecule has 94 valence electrons. The number of aromatic nitrogens is 1. The molecule has 1 aromatic carbocycles. The average Bonchev–Trinajstić information content (AvgIpc) is 2.32. The lowest BCUT2D eigenvalue weighted by Gasteiger charge is -2.19. The van der Waals surface area contributed by atoms with Crippen molar-refractivity contribution in [3.63, 3.8) is 0 Å². The van der Waals surface area contributed by atoms with Gasteiger partial charge in [0, 0.05) is 11.9 Å². The highest BCUT2D eigenvalue weighted by Gasteiger charge is 2.12. The number of nitrogens with zero attached hydrogens (tertiary/aromatic N) is 1. The summed E-state index contributed by atoms with van der Waals surface area (Å²) in [5.74, 6) is 0.834. The number of halogens is 1. The van der Waals surface area contributed by atoms with Gasteiger partial charge in [-0.15, -0.1) is 0 Å². The lowest BCUT2D eigenvalue weighted by molar-refractivity contribution is 0.590. The maximum absolute atomic E-state index is 4.29. The zero-order chi connectivity index (χ0) is 13.2. The Morgan fingerprint density at radius 3 is 2.28 bits per heavy atom. The van der Waals surface area contributed by atoms with Gasteiger partial charge in [-0.05, 0) is 51.2 Å². The molecule has 3 heteroatoms. The average molecular weight is 305 g/mol. The number of nitrogens with one attached hydrogen (secondary N) is 1. The van der Waals surface area contributed by atoms with E-state index >= 15 is 0 Å². The Bertz CT molecular complexity index is 527. The van der Waals surface area contributed by atoms with Crippen LogP contribution in [0, 0.1) is 0 Å². The Hall–Kier alpha value is -1.35. The van der Waals surface area contributed by atoms with Gasteiger partial charge < -0.3 is 5.32 Å². The number of benzene rings is 1. The SMILES string of the molecule is CC(C)(C)c1ccc(Nc2ncccc2Br)cc1. The number of hydrogen-bond acceptors (Lipinski definition) is 2. The second-order valence-corrected chi connectivity index (χ2v) is 6.14. The lowest BCUT2D eigenvalue weighted by atomic mass is 9.87. The van der Waals surface area contributed by atoms with Gasteiger partial charge in [0.15, 0.2) is 0 Å². The standard InChI is InChI=1S/C15H17BrN2/c1-15(2,3)11-6-8-12(9-7-11)18-14-13(16)5-4-10-17-14/h4-10H,1-3H3,(H,17,18). The van der Waals surface area contributed by atoms with Crippen molar-refractivity contribution in [2.45, 2.75) is 26.2 Å². The smallest absolute Gasteiger partial charge is 0.144 e. The van der Waals surface area contributed by atoms with E-state index in [0.29, 0.717) is 0 Å². The van der Waals surface area contributed by atoms with Crippen LogP contribution in [0.2, 0.25) is 0 Å². The second-order valence-electron chi connectivity index (χ2n) is 5.29. The molecule has 0 fully saturated rings. The topological polar surface area (TPSA) is 24.9 Å². The van der Waals surface area contributed by atoms with Crippen LogP contribution in [0.4, 0.5) is 11.5 Å². The van der Waals surface area contributed by atoms with Gasteiger partial charge in [0.05, 0.1) is 4.47 Å². The van der Waals surface area contributed by atoms with Crippen molar-refractivity contribution in [3.05, 3.63) is 52.6 Å². The summed E-state index contributed by atoms with van der Waals surface area (Å²) < 4.78 is 0.963. The molecule has 2 rings (SSSR count). The fraction of sp³-hybridized carbons (Fsp3) is 0.267. The number of rotatable bonds is 2. The van der Waals surface area contributed by atoms with Crippen LogP contribution in [0.3, 0.4) is 0 Å². The van der Waals surface area contributed by atoms with Gasteiger partial charge in [-0.3, -0.25) is 0 Å². The summed E-state index contributed by atoms with van der Waals surface area (Å²) in [6.45, 7) is 6.64. The predicted molar refractivity (Wildman–Crippen MR) is 80.4 cm³/mol. The van der Waals surface area contributed by atoms with Gasteiger partial charge in [-0.1, -0.05) is 32.9 Å². The highest BCUT2D eigenvalue weighted by Crippen LogP contribution is 2.26. The Morgan fingerprint density at radius 1 is 1.06 bits per heavy atom.